The standard InChI is InChI=1S/C41H41BN2/c1-5-6-12-28-17-19-31(20-18-28)44-36-26-30-14-8-7-13-29(30)25-32(36)33-23-27(2)24-37-38(33)42(44)35-16-11-15-34-39(35)43(37)41(4)22-10-9-21-40(34,41)3/h7-8,11,13-20,23-26H,5-6,9-10,12,21-22H2,1-4H3. The van der Waals surface area contributed by atoms with Gasteiger partial charge in [0.25, 0.3) is 0 Å². The third kappa shape index (κ3) is 3.33. The quantitative estimate of drug-likeness (QED) is 0.198. The van der Waals surface area contributed by atoms with Crippen LogP contribution in [-0.2, 0) is 11.8 Å². The molecule has 0 spiro atoms. The molecule has 4 aliphatic rings. The van der Waals surface area contributed by atoms with Crippen molar-refractivity contribution in [1.82, 2.24) is 0 Å². The molecule has 1 aliphatic carbocycles. The summed E-state index contributed by atoms with van der Waals surface area (Å²) in [5, 5.41) is 2.61. The minimum Gasteiger partial charge on any atom is -0.376 e. The molecule has 9 rings (SSSR count). The van der Waals surface area contributed by atoms with Crippen LogP contribution < -0.4 is 20.6 Å². The normalized spacial score (nSPS) is 22.5. The third-order valence-corrected chi connectivity index (χ3v) is 12.0. The third-order valence-electron chi connectivity index (χ3n) is 12.0. The van der Waals surface area contributed by atoms with Crippen molar-refractivity contribution in [3.63, 3.8) is 0 Å². The molecule has 5 aromatic carbocycles. The van der Waals surface area contributed by atoms with Gasteiger partial charge < -0.3 is 9.71 Å². The van der Waals surface area contributed by atoms with Gasteiger partial charge in [0.05, 0.1) is 5.54 Å². The maximum Gasteiger partial charge on any atom is 0.333 e. The number of anilines is 4. The van der Waals surface area contributed by atoms with Crippen molar-refractivity contribution in [2.24, 2.45) is 0 Å². The van der Waals surface area contributed by atoms with Crippen LogP contribution in [0.4, 0.5) is 22.7 Å². The minimum absolute atomic E-state index is 0.0611. The SMILES string of the molecule is CCCCc1ccc(N2B3c4cccc5c4N(c4cc(C)cc(c43)-c3cc4ccccc4cc32)C2(C)CCCCC52C)cc1. The summed E-state index contributed by atoms with van der Waals surface area (Å²) in [4.78, 5) is 5.52. The van der Waals surface area contributed by atoms with Gasteiger partial charge in [-0.2, -0.15) is 0 Å². The van der Waals surface area contributed by atoms with Gasteiger partial charge in [-0.3, -0.25) is 0 Å². The van der Waals surface area contributed by atoms with Gasteiger partial charge in [0.15, 0.2) is 0 Å². The summed E-state index contributed by atoms with van der Waals surface area (Å²) in [6.45, 7) is 9.84. The number of para-hydroxylation sites is 1. The predicted molar refractivity (Wildman–Crippen MR) is 189 cm³/mol. The fourth-order valence-electron chi connectivity index (χ4n) is 9.56. The van der Waals surface area contributed by atoms with Crippen molar-refractivity contribution in [3.05, 3.63) is 108 Å². The molecule has 1 fully saturated rings. The summed E-state index contributed by atoms with van der Waals surface area (Å²) in [7, 11) is 0. The first-order valence-corrected chi connectivity index (χ1v) is 16.9. The molecular weight excluding hydrogens is 531 g/mol. The van der Waals surface area contributed by atoms with Gasteiger partial charge in [-0.05, 0) is 114 Å². The van der Waals surface area contributed by atoms with Gasteiger partial charge in [0.2, 0.25) is 0 Å². The van der Waals surface area contributed by atoms with Crippen LogP contribution in [0.3, 0.4) is 0 Å². The predicted octanol–water partition coefficient (Wildman–Crippen LogP) is 9.47. The average molecular weight is 573 g/mol. The number of hydrogen-bond donors (Lipinski definition) is 0. The van der Waals surface area contributed by atoms with E-state index in [-0.39, 0.29) is 17.8 Å². The van der Waals surface area contributed by atoms with Gasteiger partial charge in [-0.25, -0.2) is 0 Å². The second-order valence-electron chi connectivity index (χ2n) is 14.4. The highest BCUT2D eigenvalue weighted by Gasteiger charge is 2.61. The number of fused-ring (bicyclic) bond motifs is 8. The van der Waals surface area contributed by atoms with Crippen molar-refractivity contribution < 1.29 is 0 Å². The van der Waals surface area contributed by atoms with E-state index in [1.54, 1.807) is 5.56 Å². The van der Waals surface area contributed by atoms with E-state index in [4.69, 9.17) is 0 Å². The molecule has 44 heavy (non-hydrogen) atoms. The van der Waals surface area contributed by atoms with E-state index in [2.05, 4.69) is 128 Å². The highest BCUT2D eigenvalue weighted by Crippen LogP contribution is 2.62. The first-order valence-electron chi connectivity index (χ1n) is 16.9. The molecule has 0 amide bonds. The van der Waals surface area contributed by atoms with E-state index < -0.39 is 0 Å². The molecule has 0 N–H and O–H groups in total. The van der Waals surface area contributed by atoms with E-state index in [0.29, 0.717) is 0 Å². The Labute approximate surface area is 262 Å². The topological polar surface area (TPSA) is 6.48 Å². The lowest BCUT2D eigenvalue weighted by molar-refractivity contribution is 0.195. The smallest absolute Gasteiger partial charge is 0.333 e. The Morgan fingerprint density at radius 3 is 2.34 bits per heavy atom. The molecule has 0 aromatic heterocycles. The Hall–Kier alpha value is -3.98. The van der Waals surface area contributed by atoms with Crippen molar-refractivity contribution in [3.8, 4) is 11.1 Å². The summed E-state index contributed by atoms with van der Waals surface area (Å²) in [6.07, 6.45) is 8.70. The first-order chi connectivity index (χ1) is 21.4. The lowest BCUT2D eigenvalue weighted by atomic mass is 9.43. The lowest BCUT2D eigenvalue weighted by Gasteiger charge is -2.53. The van der Waals surface area contributed by atoms with E-state index in [1.165, 1.54) is 105 Å². The molecule has 5 aromatic rings. The van der Waals surface area contributed by atoms with Gasteiger partial charge in [-0.1, -0.05) is 93.8 Å². The fourth-order valence-corrected chi connectivity index (χ4v) is 9.56. The van der Waals surface area contributed by atoms with Crippen molar-refractivity contribution in [2.45, 2.75) is 83.6 Å². The largest absolute Gasteiger partial charge is 0.376 e. The zero-order valence-corrected chi connectivity index (χ0v) is 26.6. The van der Waals surface area contributed by atoms with Crippen LogP contribution >= 0.6 is 0 Å². The monoisotopic (exact) mass is 572 g/mol. The van der Waals surface area contributed by atoms with Crippen LogP contribution in [0.1, 0.15) is 76.0 Å². The molecule has 2 nitrogen and oxygen atoms in total. The Bertz CT molecular complexity index is 1980. The Kier molecular flexibility index (Phi) is 5.57. The second kappa shape index (κ2) is 9.27. The molecule has 0 saturated heterocycles. The summed E-state index contributed by atoms with van der Waals surface area (Å²) in [5.74, 6) is 0. The zero-order valence-electron chi connectivity index (χ0n) is 26.6. The number of benzene rings is 5. The molecule has 3 heteroatoms. The maximum atomic E-state index is 2.83. The average Bonchev–Trinajstić information content (AvgIpc) is 3.26. The highest BCUT2D eigenvalue weighted by molar-refractivity contribution is 6.93. The number of hydrogen-bond acceptors (Lipinski definition) is 2. The molecule has 3 aliphatic heterocycles. The fraction of sp³-hybridized carbons (Fsp3) is 0.317. The van der Waals surface area contributed by atoms with E-state index in [0.717, 1.165) is 6.42 Å². The Morgan fingerprint density at radius 2 is 1.55 bits per heavy atom. The zero-order chi connectivity index (χ0) is 29.8. The Balaban J connectivity index is 1.37. The van der Waals surface area contributed by atoms with Crippen molar-refractivity contribution in [2.75, 3.05) is 9.71 Å². The van der Waals surface area contributed by atoms with Crippen LogP contribution in [0.2, 0.25) is 0 Å². The van der Waals surface area contributed by atoms with Crippen LogP contribution in [0.5, 0.6) is 0 Å². The molecule has 2 atom stereocenters. The molecule has 218 valence electrons. The van der Waals surface area contributed by atoms with Gasteiger partial charge in [-0.15, -0.1) is 0 Å². The number of rotatable bonds is 4. The highest BCUT2D eigenvalue weighted by atomic mass is 15.3. The first kappa shape index (κ1) is 26.4. The van der Waals surface area contributed by atoms with Crippen LogP contribution in [0, 0.1) is 6.92 Å². The summed E-state index contributed by atoms with van der Waals surface area (Å²) in [6, 6.07) is 35.6. The van der Waals surface area contributed by atoms with E-state index in [9.17, 15) is 0 Å². The van der Waals surface area contributed by atoms with Crippen LogP contribution in [0.25, 0.3) is 21.9 Å². The molecule has 0 radical (unpaired) electrons. The van der Waals surface area contributed by atoms with Crippen LogP contribution in [0.15, 0.2) is 91.0 Å². The van der Waals surface area contributed by atoms with E-state index >= 15 is 0 Å². The molecular formula is C41H41BN2. The summed E-state index contributed by atoms with van der Waals surface area (Å²) < 4.78 is 0. The number of aryl methyl sites for hydroxylation is 2. The van der Waals surface area contributed by atoms with Crippen LogP contribution in [-0.4, -0.2) is 12.4 Å². The summed E-state index contributed by atoms with van der Waals surface area (Å²) >= 11 is 0. The Morgan fingerprint density at radius 1 is 0.773 bits per heavy atom. The maximum absolute atomic E-state index is 2.83. The van der Waals surface area contributed by atoms with Gasteiger partial charge >= 0.3 is 6.85 Å². The second-order valence-corrected chi connectivity index (χ2v) is 14.4. The van der Waals surface area contributed by atoms with Gasteiger partial charge in [0.1, 0.15) is 0 Å². The minimum atomic E-state index is 0.0611. The molecule has 1 saturated carbocycles. The van der Waals surface area contributed by atoms with E-state index in [1.807, 2.05) is 0 Å². The van der Waals surface area contributed by atoms with Gasteiger partial charge in [0, 0.05) is 33.7 Å². The molecule has 0 bridgehead atoms. The lowest BCUT2D eigenvalue weighted by Crippen LogP contribution is -2.64. The molecule has 2 unspecified atom stereocenters. The number of nitrogens with zero attached hydrogens (tertiary/aromatic N) is 2. The summed E-state index contributed by atoms with van der Waals surface area (Å²) in [5.41, 5.74) is 15.8. The number of unbranched alkanes of at least 4 members (excludes halogenated alkanes) is 1. The van der Waals surface area contributed by atoms with Crippen molar-refractivity contribution in [1.29, 1.82) is 0 Å². The molecule has 3 heterocycles. The van der Waals surface area contributed by atoms with Crippen molar-refractivity contribution >= 4 is 51.3 Å².